The van der Waals surface area contributed by atoms with Crippen LogP contribution in [0.5, 0.6) is 11.5 Å². The van der Waals surface area contributed by atoms with Gasteiger partial charge in [-0.25, -0.2) is 0 Å². The Hall–Kier alpha value is -3.73. The van der Waals surface area contributed by atoms with Crippen molar-refractivity contribution in [2.24, 2.45) is 0 Å². The number of aliphatic hydroxyl groups is 2. The predicted octanol–water partition coefficient (Wildman–Crippen LogP) is 1.11. The number of carbonyl (C=O) groups excluding carboxylic acids is 3. The van der Waals surface area contributed by atoms with E-state index in [1.165, 1.54) is 25.2 Å². The molecular weight excluding hydrogens is 492 g/mol. The highest BCUT2D eigenvalue weighted by molar-refractivity contribution is 5.96. The molecule has 2 aromatic rings. The lowest BCUT2D eigenvalue weighted by Gasteiger charge is -2.40. The molecule has 4 atom stereocenters. The van der Waals surface area contributed by atoms with Crippen LogP contribution in [-0.4, -0.2) is 85.4 Å². The number of methoxy groups -OCH3 is 2. The smallest absolute Gasteiger partial charge is 0.249 e. The van der Waals surface area contributed by atoms with E-state index < -0.39 is 30.1 Å². The van der Waals surface area contributed by atoms with Crippen molar-refractivity contribution < 1.29 is 38.8 Å². The van der Waals surface area contributed by atoms with Crippen LogP contribution in [0.25, 0.3) is 0 Å². The van der Waals surface area contributed by atoms with E-state index in [0.29, 0.717) is 28.9 Å². The SMILES string of the molecule is COCC(=O)N(Cc1ccc(C)cc1)[C@@H]1C=C(C(=O)NCCO)[C@@H]2c3cc(C=O)cc(OC)c3O[C@@H]2[C@H]1O. The average Bonchev–Trinajstić information content (AvgIpc) is 3.31. The van der Waals surface area contributed by atoms with Gasteiger partial charge >= 0.3 is 0 Å². The van der Waals surface area contributed by atoms with E-state index >= 15 is 0 Å². The zero-order valence-electron chi connectivity index (χ0n) is 21.5. The normalized spacial score (nSPS) is 21.4. The lowest BCUT2D eigenvalue weighted by molar-refractivity contribution is -0.141. The molecule has 2 aliphatic rings. The topological polar surface area (TPSA) is 135 Å². The summed E-state index contributed by atoms with van der Waals surface area (Å²) < 4.78 is 16.7. The van der Waals surface area contributed by atoms with Crippen molar-refractivity contribution in [1.29, 1.82) is 0 Å². The molecule has 0 saturated heterocycles. The number of aliphatic hydroxyl groups excluding tert-OH is 2. The quantitative estimate of drug-likeness (QED) is 0.394. The molecule has 10 heteroatoms. The van der Waals surface area contributed by atoms with Crippen molar-refractivity contribution in [1.82, 2.24) is 10.2 Å². The fourth-order valence-corrected chi connectivity index (χ4v) is 5.01. The van der Waals surface area contributed by atoms with Gasteiger partial charge < -0.3 is 34.6 Å². The molecule has 4 rings (SSSR count). The number of aldehydes is 1. The second-order valence-electron chi connectivity index (χ2n) is 9.34. The van der Waals surface area contributed by atoms with E-state index in [0.717, 1.165) is 11.1 Å². The molecule has 2 amide bonds. The van der Waals surface area contributed by atoms with E-state index in [1.807, 2.05) is 31.2 Å². The number of hydrogen-bond acceptors (Lipinski definition) is 8. The summed E-state index contributed by atoms with van der Waals surface area (Å²) in [4.78, 5) is 39.6. The molecule has 1 aliphatic carbocycles. The summed E-state index contributed by atoms with van der Waals surface area (Å²) in [5.74, 6) is -0.972. The molecule has 0 radical (unpaired) electrons. The second kappa shape index (κ2) is 11.8. The Balaban J connectivity index is 1.81. The Morgan fingerprint density at radius 1 is 1.18 bits per heavy atom. The van der Waals surface area contributed by atoms with Gasteiger partial charge in [-0.2, -0.15) is 0 Å². The molecule has 2 aromatic carbocycles. The molecule has 0 bridgehead atoms. The van der Waals surface area contributed by atoms with Crippen LogP contribution in [0.3, 0.4) is 0 Å². The summed E-state index contributed by atoms with van der Waals surface area (Å²) >= 11 is 0. The number of carbonyl (C=O) groups is 3. The summed E-state index contributed by atoms with van der Waals surface area (Å²) in [6.45, 7) is 1.65. The van der Waals surface area contributed by atoms with E-state index in [-0.39, 0.29) is 37.8 Å². The third-order valence-corrected chi connectivity index (χ3v) is 6.83. The van der Waals surface area contributed by atoms with Crippen LogP contribution in [0, 0.1) is 6.92 Å². The van der Waals surface area contributed by atoms with Crippen molar-refractivity contribution in [2.75, 3.05) is 34.0 Å². The third kappa shape index (κ3) is 5.28. The summed E-state index contributed by atoms with van der Waals surface area (Å²) in [6.07, 6.45) is 0.0674. The first-order valence-corrected chi connectivity index (χ1v) is 12.3. The van der Waals surface area contributed by atoms with Gasteiger partial charge in [0, 0.05) is 36.9 Å². The summed E-state index contributed by atoms with van der Waals surface area (Å²) in [7, 11) is 2.85. The minimum atomic E-state index is -1.22. The third-order valence-electron chi connectivity index (χ3n) is 6.83. The van der Waals surface area contributed by atoms with Gasteiger partial charge in [0.2, 0.25) is 11.8 Å². The molecule has 0 fully saturated rings. The Morgan fingerprint density at radius 3 is 2.55 bits per heavy atom. The van der Waals surface area contributed by atoms with Crippen LogP contribution in [0.15, 0.2) is 48.0 Å². The van der Waals surface area contributed by atoms with Crippen molar-refractivity contribution in [2.45, 2.75) is 37.6 Å². The fourth-order valence-electron chi connectivity index (χ4n) is 5.01. The minimum Gasteiger partial charge on any atom is -0.493 e. The van der Waals surface area contributed by atoms with Crippen molar-refractivity contribution in [3.63, 3.8) is 0 Å². The summed E-state index contributed by atoms with van der Waals surface area (Å²) in [5.41, 5.74) is 3.00. The highest BCUT2D eigenvalue weighted by atomic mass is 16.5. The van der Waals surface area contributed by atoms with Gasteiger partial charge in [0.1, 0.15) is 25.1 Å². The second-order valence-corrected chi connectivity index (χ2v) is 9.34. The van der Waals surface area contributed by atoms with Crippen molar-refractivity contribution in [3.8, 4) is 11.5 Å². The highest BCUT2D eigenvalue weighted by Gasteiger charge is 2.51. The van der Waals surface area contributed by atoms with E-state index in [2.05, 4.69) is 5.32 Å². The van der Waals surface area contributed by atoms with Crippen molar-refractivity contribution in [3.05, 3.63) is 70.3 Å². The van der Waals surface area contributed by atoms with Crippen LogP contribution in [0.2, 0.25) is 0 Å². The maximum Gasteiger partial charge on any atom is 0.249 e. The molecule has 3 N–H and O–H groups in total. The van der Waals surface area contributed by atoms with Crippen LogP contribution < -0.4 is 14.8 Å². The van der Waals surface area contributed by atoms with Gasteiger partial charge in [0.15, 0.2) is 11.5 Å². The summed E-state index contributed by atoms with van der Waals surface area (Å²) in [6, 6.07) is 9.85. The van der Waals surface area contributed by atoms with Crippen LogP contribution >= 0.6 is 0 Å². The molecule has 0 spiro atoms. The van der Waals surface area contributed by atoms with Crippen LogP contribution in [-0.2, 0) is 20.9 Å². The van der Waals surface area contributed by atoms with Gasteiger partial charge in [-0.05, 0) is 30.7 Å². The van der Waals surface area contributed by atoms with Crippen LogP contribution in [0.4, 0.5) is 0 Å². The first-order chi connectivity index (χ1) is 18.3. The predicted molar refractivity (Wildman–Crippen MR) is 137 cm³/mol. The van der Waals surface area contributed by atoms with Gasteiger partial charge in [0.05, 0.1) is 25.7 Å². The number of ether oxygens (including phenoxy) is 3. The minimum absolute atomic E-state index is 0.0158. The molecule has 10 nitrogen and oxygen atoms in total. The van der Waals surface area contributed by atoms with Crippen LogP contribution in [0.1, 0.15) is 33.0 Å². The van der Waals surface area contributed by atoms with Gasteiger partial charge in [-0.3, -0.25) is 14.4 Å². The van der Waals surface area contributed by atoms with Gasteiger partial charge in [-0.15, -0.1) is 0 Å². The molecule has 38 heavy (non-hydrogen) atoms. The lowest BCUT2D eigenvalue weighted by atomic mass is 9.77. The number of benzene rings is 2. The number of hydrogen-bond donors (Lipinski definition) is 3. The lowest BCUT2D eigenvalue weighted by Crippen LogP contribution is -2.56. The molecule has 1 heterocycles. The first kappa shape index (κ1) is 27.3. The zero-order chi connectivity index (χ0) is 27.4. The van der Waals surface area contributed by atoms with E-state index in [9.17, 15) is 24.6 Å². The fraction of sp³-hybridized carbons (Fsp3) is 0.393. The first-order valence-electron chi connectivity index (χ1n) is 12.3. The monoisotopic (exact) mass is 524 g/mol. The standard InChI is InChI=1S/C28H32N2O8/c1-16-4-6-17(7-5-16)13-30(23(33)15-36-2)21-12-20(28(35)29-8-9-31)24-19-10-18(14-32)11-22(37-3)26(19)38-27(24)25(21)34/h4-7,10-12,14,21,24-25,27,31,34H,8-9,13,15H2,1-3H3,(H,29,35)/t21-,24+,25+,27+/m1/s1. The van der Waals surface area contributed by atoms with Gasteiger partial charge in [0.25, 0.3) is 0 Å². The average molecular weight is 525 g/mol. The zero-order valence-corrected chi connectivity index (χ0v) is 21.5. The Kier molecular flexibility index (Phi) is 8.45. The maximum atomic E-state index is 13.3. The number of aryl methyl sites for hydroxylation is 1. The number of fused-ring (bicyclic) bond motifs is 3. The Labute approximate surface area is 220 Å². The molecule has 0 aromatic heterocycles. The summed E-state index contributed by atoms with van der Waals surface area (Å²) in [5, 5.41) is 23.5. The van der Waals surface area contributed by atoms with E-state index in [1.54, 1.807) is 12.1 Å². The number of rotatable bonds is 10. The Bertz CT molecular complexity index is 1230. The van der Waals surface area contributed by atoms with Gasteiger partial charge in [-0.1, -0.05) is 29.8 Å². The van der Waals surface area contributed by atoms with E-state index in [4.69, 9.17) is 14.2 Å². The number of nitrogens with zero attached hydrogens (tertiary/aromatic N) is 1. The molecule has 1 aliphatic heterocycles. The number of nitrogens with one attached hydrogen (secondary N) is 1. The molecule has 202 valence electrons. The molecular formula is C28H32N2O8. The highest BCUT2D eigenvalue weighted by Crippen LogP contribution is 2.51. The molecule has 0 saturated carbocycles. The largest absolute Gasteiger partial charge is 0.493 e. The Morgan fingerprint density at radius 2 is 1.92 bits per heavy atom. The van der Waals surface area contributed by atoms with Crippen molar-refractivity contribution >= 4 is 18.1 Å². The maximum absolute atomic E-state index is 13.3. The molecule has 0 unspecified atom stereocenters. The number of amides is 2.